The lowest BCUT2D eigenvalue weighted by atomic mass is 9.98. The first-order chi connectivity index (χ1) is 15.0. The smallest absolute Gasteiger partial charge is 0.273 e. The van der Waals surface area contributed by atoms with Gasteiger partial charge in [0.15, 0.2) is 5.69 Å². The van der Waals surface area contributed by atoms with Crippen molar-refractivity contribution < 1.29 is 14.3 Å². The van der Waals surface area contributed by atoms with Crippen molar-refractivity contribution in [3.63, 3.8) is 0 Å². The number of piperidine rings is 1. The Morgan fingerprint density at radius 1 is 1.29 bits per heavy atom. The molecule has 1 aromatic carbocycles. The molecule has 0 radical (unpaired) electrons. The van der Waals surface area contributed by atoms with Gasteiger partial charge in [-0.3, -0.25) is 14.3 Å². The van der Waals surface area contributed by atoms with Gasteiger partial charge in [0.05, 0.1) is 13.3 Å². The number of hydrogen-bond donors (Lipinski definition) is 1. The average molecular weight is 428 g/mol. The molecule has 2 heterocycles. The van der Waals surface area contributed by atoms with E-state index < -0.39 is 0 Å². The van der Waals surface area contributed by atoms with Gasteiger partial charge in [0, 0.05) is 31.6 Å². The SMILES string of the molecule is COc1cccc(CCC(=O)N2CCCC[C@H]2CCn2cc(C(=O)NC(C)C)nn2)c1. The molecule has 2 amide bonds. The van der Waals surface area contributed by atoms with Gasteiger partial charge < -0.3 is 15.0 Å². The fraction of sp³-hybridized carbons (Fsp3) is 0.565. The number of aryl methyl sites for hydroxylation is 2. The van der Waals surface area contributed by atoms with Crippen LogP contribution in [0.5, 0.6) is 5.75 Å². The van der Waals surface area contributed by atoms with Gasteiger partial charge in [0.2, 0.25) is 5.91 Å². The van der Waals surface area contributed by atoms with E-state index in [4.69, 9.17) is 4.74 Å². The van der Waals surface area contributed by atoms with Gasteiger partial charge in [-0.2, -0.15) is 0 Å². The fourth-order valence-electron chi connectivity index (χ4n) is 3.98. The highest BCUT2D eigenvalue weighted by atomic mass is 16.5. The fourth-order valence-corrected chi connectivity index (χ4v) is 3.98. The zero-order chi connectivity index (χ0) is 22.2. The van der Waals surface area contributed by atoms with E-state index in [0.717, 1.165) is 43.5 Å². The third kappa shape index (κ3) is 6.54. The lowest BCUT2D eigenvalue weighted by Gasteiger charge is -2.36. The Balaban J connectivity index is 1.53. The Morgan fingerprint density at radius 3 is 2.90 bits per heavy atom. The average Bonchev–Trinajstić information content (AvgIpc) is 3.25. The molecule has 0 saturated carbocycles. The molecule has 31 heavy (non-hydrogen) atoms. The van der Waals surface area contributed by atoms with E-state index in [1.54, 1.807) is 18.0 Å². The molecule has 1 aliphatic heterocycles. The summed E-state index contributed by atoms with van der Waals surface area (Å²) < 4.78 is 6.97. The Bertz CT molecular complexity index is 880. The van der Waals surface area contributed by atoms with Gasteiger partial charge in [-0.15, -0.1) is 5.10 Å². The number of nitrogens with zero attached hydrogens (tertiary/aromatic N) is 4. The van der Waals surface area contributed by atoms with Crippen LogP contribution in [0, 0.1) is 0 Å². The number of carbonyl (C=O) groups is 2. The third-order valence-corrected chi connectivity index (χ3v) is 5.59. The number of hydrogen-bond acceptors (Lipinski definition) is 5. The van der Waals surface area contributed by atoms with Crippen LogP contribution in [-0.4, -0.2) is 57.4 Å². The first-order valence-electron chi connectivity index (χ1n) is 11.1. The molecule has 168 valence electrons. The summed E-state index contributed by atoms with van der Waals surface area (Å²) in [6.07, 6.45) is 6.85. The van der Waals surface area contributed by atoms with Gasteiger partial charge >= 0.3 is 0 Å². The largest absolute Gasteiger partial charge is 0.497 e. The Hall–Kier alpha value is -2.90. The molecule has 0 bridgehead atoms. The third-order valence-electron chi connectivity index (χ3n) is 5.59. The number of rotatable bonds is 9. The number of amides is 2. The second-order valence-corrected chi connectivity index (χ2v) is 8.37. The lowest BCUT2D eigenvalue weighted by Crippen LogP contribution is -2.44. The maximum absolute atomic E-state index is 13.0. The number of ether oxygens (including phenoxy) is 1. The highest BCUT2D eigenvalue weighted by molar-refractivity contribution is 5.91. The molecule has 3 rings (SSSR count). The van der Waals surface area contributed by atoms with Gasteiger partial charge in [-0.25, -0.2) is 0 Å². The monoisotopic (exact) mass is 427 g/mol. The second-order valence-electron chi connectivity index (χ2n) is 8.37. The van der Waals surface area contributed by atoms with E-state index in [1.165, 1.54) is 0 Å². The second kappa shape index (κ2) is 10.9. The van der Waals surface area contributed by atoms with Gasteiger partial charge in [0.25, 0.3) is 5.91 Å². The zero-order valence-corrected chi connectivity index (χ0v) is 18.7. The van der Waals surface area contributed by atoms with E-state index >= 15 is 0 Å². The van der Waals surface area contributed by atoms with E-state index in [0.29, 0.717) is 25.1 Å². The standard InChI is InChI=1S/C23H33N5O3/c1-17(2)24-23(30)21-16-27(26-25-21)14-12-19-8-4-5-13-28(19)22(29)11-10-18-7-6-9-20(15-18)31-3/h6-7,9,15-17,19H,4-5,8,10-14H2,1-3H3,(H,24,30)/t19-/m0/s1. The number of methoxy groups -OCH3 is 1. The van der Waals surface area contributed by atoms with Crippen LogP contribution in [-0.2, 0) is 17.8 Å². The van der Waals surface area contributed by atoms with Crippen LogP contribution >= 0.6 is 0 Å². The maximum atomic E-state index is 13.0. The molecule has 1 N–H and O–H groups in total. The highest BCUT2D eigenvalue weighted by Crippen LogP contribution is 2.22. The minimum Gasteiger partial charge on any atom is -0.497 e. The molecule has 0 spiro atoms. The molecule has 0 unspecified atom stereocenters. The van der Waals surface area contributed by atoms with E-state index in [2.05, 4.69) is 15.6 Å². The number of benzene rings is 1. The predicted octanol–water partition coefficient (Wildman–Crippen LogP) is 2.83. The Labute approximate surface area is 183 Å². The van der Waals surface area contributed by atoms with Crippen LogP contribution in [0.25, 0.3) is 0 Å². The minimum absolute atomic E-state index is 0.0523. The molecule has 1 aliphatic rings. The summed E-state index contributed by atoms with van der Waals surface area (Å²) in [7, 11) is 1.65. The van der Waals surface area contributed by atoms with Crippen LogP contribution in [0.4, 0.5) is 0 Å². The van der Waals surface area contributed by atoms with Crippen LogP contribution < -0.4 is 10.1 Å². The first kappa shape index (κ1) is 22.8. The van der Waals surface area contributed by atoms with Gasteiger partial charge in [-0.05, 0) is 63.6 Å². The summed E-state index contributed by atoms with van der Waals surface area (Å²) >= 11 is 0. The van der Waals surface area contributed by atoms with Crippen LogP contribution in [0.15, 0.2) is 30.5 Å². The summed E-state index contributed by atoms with van der Waals surface area (Å²) in [6, 6.07) is 8.13. The normalized spacial score (nSPS) is 16.4. The summed E-state index contributed by atoms with van der Waals surface area (Å²) in [4.78, 5) is 27.0. The van der Waals surface area contributed by atoms with E-state index in [-0.39, 0.29) is 23.9 Å². The molecule has 1 atom stereocenters. The van der Waals surface area contributed by atoms with E-state index in [1.807, 2.05) is 43.0 Å². The van der Waals surface area contributed by atoms with Crippen molar-refractivity contribution in [2.24, 2.45) is 0 Å². The van der Waals surface area contributed by atoms with Crippen molar-refractivity contribution in [2.45, 2.75) is 71.0 Å². The molecule has 1 fully saturated rings. The van der Waals surface area contributed by atoms with Crippen molar-refractivity contribution in [2.75, 3.05) is 13.7 Å². The highest BCUT2D eigenvalue weighted by Gasteiger charge is 2.26. The number of aromatic nitrogens is 3. The van der Waals surface area contributed by atoms with Crippen LogP contribution in [0.1, 0.15) is 62.0 Å². The molecule has 1 saturated heterocycles. The molecular weight excluding hydrogens is 394 g/mol. The summed E-state index contributed by atoms with van der Waals surface area (Å²) in [5.74, 6) is 0.798. The zero-order valence-electron chi connectivity index (χ0n) is 18.7. The van der Waals surface area contributed by atoms with Crippen molar-refractivity contribution >= 4 is 11.8 Å². The molecule has 8 heteroatoms. The summed E-state index contributed by atoms with van der Waals surface area (Å²) in [5.41, 5.74) is 1.43. The number of carbonyl (C=O) groups excluding carboxylic acids is 2. The van der Waals surface area contributed by atoms with Gasteiger partial charge in [-0.1, -0.05) is 17.3 Å². The van der Waals surface area contributed by atoms with E-state index in [9.17, 15) is 9.59 Å². The lowest BCUT2D eigenvalue weighted by molar-refractivity contribution is -0.135. The van der Waals surface area contributed by atoms with Crippen molar-refractivity contribution in [1.82, 2.24) is 25.2 Å². The topological polar surface area (TPSA) is 89.4 Å². The molecular formula is C23H33N5O3. The van der Waals surface area contributed by atoms with Gasteiger partial charge in [0.1, 0.15) is 5.75 Å². The summed E-state index contributed by atoms with van der Waals surface area (Å²) in [5, 5.41) is 10.9. The Kier molecular flexibility index (Phi) is 8.03. The molecule has 0 aliphatic carbocycles. The summed E-state index contributed by atoms with van der Waals surface area (Å²) in [6.45, 7) is 5.25. The van der Waals surface area contributed by atoms with Crippen LogP contribution in [0.2, 0.25) is 0 Å². The van der Waals surface area contributed by atoms with Crippen molar-refractivity contribution in [3.8, 4) is 5.75 Å². The Morgan fingerprint density at radius 2 is 2.13 bits per heavy atom. The minimum atomic E-state index is -0.215. The van der Waals surface area contributed by atoms with Crippen molar-refractivity contribution in [3.05, 3.63) is 41.7 Å². The quantitative estimate of drug-likeness (QED) is 0.665. The maximum Gasteiger partial charge on any atom is 0.273 e. The number of likely N-dealkylation sites (tertiary alicyclic amines) is 1. The molecule has 1 aromatic heterocycles. The van der Waals surface area contributed by atoms with Crippen LogP contribution in [0.3, 0.4) is 0 Å². The first-order valence-corrected chi connectivity index (χ1v) is 11.1. The van der Waals surface area contributed by atoms with Crippen molar-refractivity contribution in [1.29, 1.82) is 0 Å². The predicted molar refractivity (Wildman–Crippen MR) is 118 cm³/mol. The number of nitrogens with one attached hydrogen (secondary N) is 1. The molecule has 8 nitrogen and oxygen atoms in total. The molecule has 2 aromatic rings.